The quantitative estimate of drug-likeness (QED) is 0.0461. The van der Waals surface area contributed by atoms with Gasteiger partial charge in [0.15, 0.2) is 5.96 Å². The summed E-state index contributed by atoms with van der Waals surface area (Å²) >= 11 is 0. The molecule has 0 bridgehead atoms. The number of rotatable bonds is 19. The molecule has 4 unspecified atom stereocenters. The third-order valence-electron chi connectivity index (χ3n) is 5.79. The van der Waals surface area contributed by atoms with Gasteiger partial charge in [-0.3, -0.25) is 29.0 Å². The molecular weight excluding hydrogens is 540 g/mol. The maximum Gasteiger partial charge on any atom is 0.326 e. The van der Waals surface area contributed by atoms with Gasteiger partial charge in [-0.2, -0.15) is 0 Å². The zero-order valence-corrected chi connectivity index (χ0v) is 22.5. The molecule has 4 atom stereocenters. The maximum atomic E-state index is 13.2. The van der Waals surface area contributed by atoms with E-state index in [1.807, 2.05) is 0 Å². The number of carboxylic acid groups (broad SMARTS) is 2. The lowest BCUT2D eigenvalue weighted by Gasteiger charge is -2.25. The SMILES string of the molecule is NC(=O)CCC(NC(=O)C(CCCN=C(N)N)NC(=O)C(N)CCC(=O)O)C(=O)NC(Cc1ccccc1)C(=O)O. The van der Waals surface area contributed by atoms with E-state index in [-0.39, 0.29) is 57.5 Å². The average molecular weight is 579 g/mol. The normalized spacial score (nSPS) is 13.5. The largest absolute Gasteiger partial charge is 0.481 e. The van der Waals surface area contributed by atoms with E-state index in [4.69, 9.17) is 28.0 Å². The second kappa shape index (κ2) is 17.8. The van der Waals surface area contributed by atoms with Crippen LogP contribution in [0.2, 0.25) is 0 Å². The summed E-state index contributed by atoms with van der Waals surface area (Å²) in [5.41, 5.74) is 22.2. The van der Waals surface area contributed by atoms with Crippen LogP contribution in [0.5, 0.6) is 0 Å². The van der Waals surface area contributed by atoms with Crippen molar-refractivity contribution < 1.29 is 39.0 Å². The molecule has 0 aliphatic rings. The Labute approximate surface area is 236 Å². The lowest BCUT2D eigenvalue weighted by Crippen LogP contribution is -2.57. The van der Waals surface area contributed by atoms with Gasteiger partial charge in [-0.25, -0.2) is 4.79 Å². The number of aliphatic imine (C=N–C) groups is 1. The number of hydrogen-bond acceptors (Lipinski definition) is 8. The molecule has 16 heteroatoms. The van der Waals surface area contributed by atoms with Crippen molar-refractivity contribution in [3.05, 3.63) is 35.9 Å². The first-order valence-corrected chi connectivity index (χ1v) is 12.8. The van der Waals surface area contributed by atoms with Gasteiger partial charge >= 0.3 is 11.9 Å². The number of carbonyl (C=O) groups is 6. The monoisotopic (exact) mass is 578 g/mol. The molecule has 226 valence electrons. The van der Waals surface area contributed by atoms with Gasteiger partial charge in [0.1, 0.15) is 18.1 Å². The van der Waals surface area contributed by atoms with Crippen molar-refractivity contribution in [3.63, 3.8) is 0 Å². The third kappa shape index (κ3) is 14.3. The molecule has 0 fully saturated rings. The molecule has 0 aliphatic carbocycles. The molecule has 0 saturated heterocycles. The number of hydrogen-bond donors (Lipinski definition) is 9. The van der Waals surface area contributed by atoms with Crippen LogP contribution in [0.1, 0.15) is 44.1 Å². The summed E-state index contributed by atoms with van der Waals surface area (Å²) in [6.07, 6.45) is -0.957. The highest BCUT2D eigenvalue weighted by molar-refractivity contribution is 5.94. The van der Waals surface area contributed by atoms with Gasteiger partial charge in [-0.05, 0) is 31.2 Å². The summed E-state index contributed by atoms with van der Waals surface area (Å²) in [7, 11) is 0. The number of carbonyl (C=O) groups excluding carboxylic acids is 4. The smallest absolute Gasteiger partial charge is 0.326 e. The molecule has 0 spiro atoms. The Hall–Kier alpha value is -4.73. The molecule has 1 aromatic rings. The lowest BCUT2D eigenvalue weighted by molar-refractivity contribution is -0.142. The minimum absolute atomic E-state index is 0.00405. The molecule has 0 heterocycles. The molecule has 16 nitrogen and oxygen atoms in total. The molecule has 0 aromatic heterocycles. The van der Waals surface area contributed by atoms with Crippen molar-refractivity contribution in [1.82, 2.24) is 16.0 Å². The van der Waals surface area contributed by atoms with Crippen LogP contribution in [0, 0.1) is 0 Å². The molecular formula is C25H38N8O8. The van der Waals surface area contributed by atoms with Gasteiger partial charge in [0, 0.05) is 25.8 Å². The molecule has 0 aliphatic heterocycles. The zero-order valence-electron chi connectivity index (χ0n) is 22.5. The number of carboxylic acids is 2. The molecule has 41 heavy (non-hydrogen) atoms. The Morgan fingerprint density at radius 3 is 1.85 bits per heavy atom. The minimum Gasteiger partial charge on any atom is -0.481 e. The van der Waals surface area contributed by atoms with Crippen molar-refractivity contribution in [2.24, 2.45) is 27.9 Å². The van der Waals surface area contributed by atoms with Crippen LogP contribution in [0.4, 0.5) is 0 Å². The molecule has 4 amide bonds. The molecule has 1 rings (SSSR count). The maximum absolute atomic E-state index is 13.2. The highest BCUT2D eigenvalue weighted by Gasteiger charge is 2.30. The highest BCUT2D eigenvalue weighted by atomic mass is 16.4. The van der Waals surface area contributed by atoms with Crippen LogP contribution < -0.4 is 38.9 Å². The van der Waals surface area contributed by atoms with E-state index in [0.29, 0.717) is 5.56 Å². The molecule has 13 N–H and O–H groups in total. The van der Waals surface area contributed by atoms with Gasteiger partial charge in [-0.1, -0.05) is 30.3 Å². The first-order chi connectivity index (χ1) is 19.3. The number of nitrogens with two attached hydrogens (primary N) is 4. The Balaban J connectivity index is 3.08. The van der Waals surface area contributed by atoms with Gasteiger partial charge in [0.25, 0.3) is 0 Å². The molecule has 0 radical (unpaired) electrons. The number of nitrogens with one attached hydrogen (secondary N) is 3. The average Bonchev–Trinajstić information content (AvgIpc) is 2.90. The minimum atomic E-state index is -1.38. The van der Waals surface area contributed by atoms with Crippen LogP contribution in [0.15, 0.2) is 35.3 Å². The Kier molecular flexibility index (Phi) is 14.9. The number of guanidine groups is 1. The van der Waals surface area contributed by atoms with E-state index in [0.717, 1.165) is 0 Å². The van der Waals surface area contributed by atoms with E-state index >= 15 is 0 Å². The summed E-state index contributed by atoms with van der Waals surface area (Å²) in [6, 6.07) is 3.32. The summed E-state index contributed by atoms with van der Waals surface area (Å²) in [5, 5.41) is 25.7. The van der Waals surface area contributed by atoms with Crippen molar-refractivity contribution in [1.29, 1.82) is 0 Å². The predicted octanol–water partition coefficient (Wildman–Crippen LogP) is -2.72. The Bertz CT molecular complexity index is 1090. The topological polar surface area (TPSA) is 295 Å². The fourth-order valence-corrected chi connectivity index (χ4v) is 3.61. The summed E-state index contributed by atoms with van der Waals surface area (Å²) in [5.74, 6) is -5.95. The van der Waals surface area contributed by atoms with Gasteiger partial charge < -0.3 is 49.1 Å². The first kappa shape index (κ1) is 34.3. The van der Waals surface area contributed by atoms with Crippen molar-refractivity contribution >= 4 is 41.5 Å². The van der Waals surface area contributed by atoms with Gasteiger partial charge in [-0.15, -0.1) is 0 Å². The zero-order chi connectivity index (χ0) is 30.9. The fourth-order valence-electron chi connectivity index (χ4n) is 3.61. The number of primary amides is 1. The van der Waals surface area contributed by atoms with Crippen LogP contribution in [0.25, 0.3) is 0 Å². The standard InChI is InChI=1S/C25H38N8O8/c26-15(8-11-20(35)36)21(37)31-16(7-4-12-30-25(28)29)22(38)32-17(9-10-19(27)34)23(39)33-18(24(40)41)13-14-5-2-1-3-6-14/h1-3,5-6,15-18H,4,7-13,26H2,(H2,27,34)(H,31,37)(H,32,38)(H,33,39)(H,35,36)(H,40,41)(H4,28,29,30). The molecule has 0 saturated carbocycles. The third-order valence-corrected chi connectivity index (χ3v) is 5.79. The lowest BCUT2D eigenvalue weighted by atomic mass is 10.0. The Morgan fingerprint density at radius 2 is 1.32 bits per heavy atom. The van der Waals surface area contributed by atoms with Gasteiger partial charge in [0.05, 0.1) is 6.04 Å². The van der Waals surface area contributed by atoms with Crippen LogP contribution in [-0.2, 0) is 35.2 Å². The Morgan fingerprint density at radius 1 is 0.756 bits per heavy atom. The van der Waals surface area contributed by atoms with Crippen LogP contribution >= 0.6 is 0 Å². The molecule has 1 aromatic carbocycles. The number of aliphatic carboxylic acids is 2. The second-order valence-electron chi connectivity index (χ2n) is 9.20. The first-order valence-electron chi connectivity index (χ1n) is 12.8. The van der Waals surface area contributed by atoms with E-state index < -0.39 is 59.7 Å². The second-order valence-corrected chi connectivity index (χ2v) is 9.20. The van der Waals surface area contributed by atoms with Crippen molar-refractivity contribution in [2.75, 3.05) is 6.54 Å². The van der Waals surface area contributed by atoms with Crippen molar-refractivity contribution in [3.8, 4) is 0 Å². The number of nitrogens with zero attached hydrogens (tertiary/aromatic N) is 1. The van der Waals surface area contributed by atoms with E-state index in [2.05, 4.69) is 20.9 Å². The van der Waals surface area contributed by atoms with E-state index in [1.165, 1.54) is 0 Å². The van der Waals surface area contributed by atoms with Crippen molar-refractivity contribution in [2.45, 2.75) is 69.1 Å². The van der Waals surface area contributed by atoms with Crippen LogP contribution in [-0.4, -0.2) is 82.5 Å². The summed E-state index contributed by atoms with van der Waals surface area (Å²) in [4.78, 5) is 76.7. The van der Waals surface area contributed by atoms with E-state index in [9.17, 15) is 33.9 Å². The number of amides is 4. The number of benzene rings is 1. The van der Waals surface area contributed by atoms with Crippen LogP contribution in [0.3, 0.4) is 0 Å². The predicted molar refractivity (Wildman–Crippen MR) is 147 cm³/mol. The summed E-state index contributed by atoms with van der Waals surface area (Å²) in [6.45, 7) is 0.110. The highest BCUT2D eigenvalue weighted by Crippen LogP contribution is 2.07. The fraction of sp³-hybridized carbons (Fsp3) is 0.480. The van der Waals surface area contributed by atoms with E-state index in [1.54, 1.807) is 30.3 Å². The van der Waals surface area contributed by atoms with Gasteiger partial charge in [0.2, 0.25) is 23.6 Å². The summed E-state index contributed by atoms with van der Waals surface area (Å²) < 4.78 is 0.